The fraction of sp³-hybridized carbons (Fsp3) is 0.714. The van der Waals surface area contributed by atoms with Crippen molar-refractivity contribution in [2.45, 2.75) is 39.7 Å². The zero-order chi connectivity index (χ0) is 15.3. The Labute approximate surface area is 129 Å². The van der Waals surface area contributed by atoms with E-state index in [0.717, 1.165) is 11.4 Å². The maximum absolute atomic E-state index is 12.4. The number of Topliss-reactive ketones (excluding diaryl/α,β-unsaturated/α-hetero) is 1. The monoisotopic (exact) mass is 328 g/mol. The van der Waals surface area contributed by atoms with Crippen LogP contribution in [0.1, 0.15) is 38.1 Å². The van der Waals surface area contributed by atoms with Crippen LogP contribution in [0.15, 0.2) is 11.6 Å². The lowest BCUT2D eigenvalue weighted by Gasteiger charge is -2.36. The van der Waals surface area contributed by atoms with Gasteiger partial charge in [0.2, 0.25) is 10.0 Å². The first-order valence-corrected chi connectivity index (χ1v) is 9.69. The van der Waals surface area contributed by atoms with E-state index in [1.807, 2.05) is 19.2 Å². The van der Waals surface area contributed by atoms with Gasteiger partial charge in [0.15, 0.2) is 0 Å². The minimum Gasteiger partial charge on any atom is -0.299 e. The Kier molecular flexibility index (Phi) is 3.50. The van der Waals surface area contributed by atoms with Crippen molar-refractivity contribution in [3.8, 4) is 0 Å². The molecule has 2 fully saturated rings. The van der Waals surface area contributed by atoms with Gasteiger partial charge in [-0.05, 0) is 24.2 Å². The second kappa shape index (κ2) is 4.86. The summed E-state index contributed by atoms with van der Waals surface area (Å²) in [5.41, 5.74) is -0.924. The molecule has 7 heteroatoms. The summed E-state index contributed by atoms with van der Waals surface area (Å²) in [6, 6.07) is 0. The van der Waals surface area contributed by atoms with E-state index < -0.39 is 15.4 Å². The summed E-state index contributed by atoms with van der Waals surface area (Å²) in [4.78, 5) is 16.4. The van der Waals surface area contributed by atoms with Crippen LogP contribution in [0.5, 0.6) is 0 Å². The van der Waals surface area contributed by atoms with Gasteiger partial charge in [0.1, 0.15) is 10.8 Å². The van der Waals surface area contributed by atoms with E-state index in [4.69, 9.17) is 0 Å². The van der Waals surface area contributed by atoms with Crippen LogP contribution in [0.2, 0.25) is 0 Å². The van der Waals surface area contributed by atoms with Gasteiger partial charge in [-0.15, -0.1) is 11.3 Å². The number of rotatable bonds is 5. The smallest absolute Gasteiger partial charge is 0.212 e. The van der Waals surface area contributed by atoms with Crippen LogP contribution in [-0.4, -0.2) is 24.9 Å². The van der Waals surface area contributed by atoms with Crippen molar-refractivity contribution in [2.75, 3.05) is 5.75 Å². The number of sulfonamides is 1. The predicted octanol–water partition coefficient (Wildman–Crippen LogP) is 1.96. The van der Waals surface area contributed by atoms with Gasteiger partial charge in [-0.2, -0.15) is 0 Å². The first-order chi connectivity index (χ1) is 9.77. The van der Waals surface area contributed by atoms with Crippen molar-refractivity contribution in [1.29, 1.82) is 0 Å². The molecule has 21 heavy (non-hydrogen) atoms. The topological polar surface area (TPSA) is 76.1 Å². The number of nitrogens with one attached hydrogen (secondary N) is 1. The lowest BCUT2D eigenvalue weighted by molar-refractivity contribution is -0.128. The van der Waals surface area contributed by atoms with Crippen LogP contribution in [0.3, 0.4) is 0 Å². The van der Waals surface area contributed by atoms with Crippen LogP contribution in [0.4, 0.5) is 0 Å². The van der Waals surface area contributed by atoms with E-state index in [1.54, 1.807) is 6.20 Å². The SMILES string of the molecule is CC1(C)[C@H]2CC[C@@]1(CS(=O)(=O)NCc1nccs1)C(=O)C2. The number of carbonyl (C=O) groups is 1. The number of nitrogens with zero attached hydrogens (tertiary/aromatic N) is 1. The Bertz CT molecular complexity index is 652. The Morgan fingerprint density at radius 1 is 1.48 bits per heavy atom. The molecule has 0 saturated heterocycles. The lowest BCUT2D eigenvalue weighted by Crippen LogP contribution is -2.45. The van der Waals surface area contributed by atoms with Gasteiger partial charge in [-0.3, -0.25) is 4.79 Å². The van der Waals surface area contributed by atoms with Gasteiger partial charge in [0.05, 0.1) is 12.3 Å². The van der Waals surface area contributed by atoms with E-state index in [2.05, 4.69) is 9.71 Å². The second-order valence-electron chi connectivity index (χ2n) is 6.67. The van der Waals surface area contributed by atoms with Gasteiger partial charge in [-0.1, -0.05) is 13.8 Å². The number of thiazole rings is 1. The predicted molar refractivity (Wildman–Crippen MR) is 81.3 cm³/mol. The fourth-order valence-electron chi connectivity index (χ4n) is 4.00. The number of fused-ring (bicyclic) bond motifs is 2. The van der Waals surface area contributed by atoms with Crippen LogP contribution < -0.4 is 4.72 Å². The van der Waals surface area contributed by atoms with Crippen molar-refractivity contribution >= 4 is 27.1 Å². The number of hydrogen-bond donors (Lipinski definition) is 1. The highest BCUT2D eigenvalue weighted by atomic mass is 32.2. The summed E-state index contributed by atoms with van der Waals surface area (Å²) in [7, 11) is -3.49. The summed E-state index contributed by atoms with van der Waals surface area (Å²) in [6.07, 6.45) is 3.84. The molecule has 1 aromatic rings. The van der Waals surface area contributed by atoms with E-state index in [0.29, 0.717) is 18.8 Å². The van der Waals surface area contributed by atoms with Crippen molar-refractivity contribution in [2.24, 2.45) is 16.7 Å². The molecule has 1 heterocycles. The summed E-state index contributed by atoms with van der Waals surface area (Å²) in [5.74, 6) is 0.371. The summed E-state index contributed by atoms with van der Waals surface area (Å²) < 4.78 is 27.4. The average Bonchev–Trinajstić information content (AvgIpc) is 3.02. The molecule has 1 N–H and O–H groups in total. The molecule has 0 amide bonds. The molecule has 0 radical (unpaired) electrons. The van der Waals surface area contributed by atoms with Crippen molar-refractivity contribution in [1.82, 2.24) is 9.71 Å². The largest absolute Gasteiger partial charge is 0.299 e. The van der Waals surface area contributed by atoms with Gasteiger partial charge in [0.25, 0.3) is 0 Å². The number of aromatic nitrogens is 1. The molecule has 5 nitrogen and oxygen atoms in total. The first-order valence-electron chi connectivity index (χ1n) is 7.16. The molecule has 2 aliphatic rings. The second-order valence-corrected chi connectivity index (χ2v) is 9.46. The minimum atomic E-state index is -3.49. The zero-order valence-corrected chi connectivity index (χ0v) is 13.9. The third kappa shape index (κ3) is 2.35. The number of ketones is 1. The molecule has 0 aromatic carbocycles. The van der Waals surface area contributed by atoms with Crippen LogP contribution >= 0.6 is 11.3 Å². The van der Waals surface area contributed by atoms with Gasteiger partial charge >= 0.3 is 0 Å². The summed E-state index contributed by atoms with van der Waals surface area (Å²) in [6.45, 7) is 4.30. The molecule has 0 spiro atoms. The minimum absolute atomic E-state index is 0.0896. The highest BCUT2D eigenvalue weighted by Crippen LogP contribution is 2.64. The zero-order valence-electron chi connectivity index (χ0n) is 12.3. The Morgan fingerprint density at radius 3 is 2.76 bits per heavy atom. The number of hydrogen-bond acceptors (Lipinski definition) is 5. The van der Waals surface area contributed by atoms with Gasteiger partial charge in [-0.25, -0.2) is 18.1 Å². The van der Waals surface area contributed by atoms with Crippen molar-refractivity contribution < 1.29 is 13.2 Å². The van der Waals surface area contributed by atoms with Crippen molar-refractivity contribution in [3.63, 3.8) is 0 Å². The van der Waals surface area contributed by atoms with E-state index in [9.17, 15) is 13.2 Å². The van der Waals surface area contributed by atoms with Gasteiger partial charge in [0, 0.05) is 23.4 Å². The molecule has 0 aliphatic heterocycles. The molecule has 2 aliphatic carbocycles. The molecule has 0 unspecified atom stereocenters. The Hall–Kier alpha value is -0.790. The quantitative estimate of drug-likeness (QED) is 0.896. The molecule has 116 valence electrons. The fourth-order valence-corrected chi connectivity index (χ4v) is 6.43. The van der Waals surface area contributed by atoms with E-state index in [1.165, 1.54) is 11.3 Å². The Balaban J connectivity index is 1.77. The third-order valence-corrected chi connectivity index (χ3v) is 7.74. The molecule has 3 rings (SSSR count). The van der Waals surface area contributed by atoms with Gasteiger partial charge < -0.3 is 0 Å². The molecule has 2 saturated carbocycles. The molecule has 2 bridgehead atoms. The van der Waals surface area contributed by atoms with Crippen LogP contribution in [-0.2, 0) is 21.4 Å². The third-order valence-electron chi connectivity index (χ3n) is 5.50. The summed E-state index contributed by atoms with van der Waals surface area (Å²) in [5, 5.41) is 2.55. The molecule has 1 aromatic heterocycles. The van der Waals surface area contributed by atoms with Crippen LogP contribution in [0.25, 0.3) is 0 Å². The molecular formula is C14H20N2O3S2. The number of carbonyl (C=O) groups excluding carboxylic acids is 1. The normalized spacial score (nSPS) is 31.0. The highest BCUT2D eigenvalue weighted by molar-refractivity contribution is 7.89. The maximum Gasteiger partial charge on any atom is 0.212 e. The Morgan fingerprint density at radius 2 is 2.24 bits per heavy atom. The molecular weight excluding hydrogens is 308 g/mol. The summed E-state index contributed by atoms with van der Waals surface area (Å²) >= 11 is 1.41. The average molecular weight is 328 g/mol. The highest BCUT2D eigenvalue weighted by Gasteiger charge is 2.65. The van der Waals surface area contributed by atoms with Crippen molar-refractivity contribution in [3.05, 3.63) is 16.6 Å². The lowest BCUT2D eigenvalue weighted by atomic mass is 9.70. The first kappa shape index (κ1) is 15.1. The standard InChI is InChI=1S/C14H20N2O3S2/c1-13(2)10-3-4-14(13,11(17)7-10)9-21(18,19)16-8-12-15-5-6-20-12/h5-6,10,16H,3-4,7-9H2,1-2H3/t10-,14+/m0/s1. The van der Waals surface area contributed by atoms with E-state index >= 15 is 0 Å². The molecule has 2 atom stereocenters. The van der Waals surface area contributed by atoms with E-state index in [-0.39, 0.29) is 23.5 Å². The maximum atomic E-state index is 12.4. The van der Waals surface area contributed by atoms with Crippen LogP contribution in [0, 0.1) is 16.7 Å².